The Hall–Kier alpha value is -1.67. The van der Waals surface area contributed by atoms with Crippen LogP contribution in [0.2, 0.25) is 0 Å². The lowest BCUT2D eigenvalue weighted by Gasteiger charge is -2.21. The Morgan fingerprint density at radius 2 is 1.86 bits per heavy atom. The summed E-state index contributed by atoms with van der Waals surface area (Å²) < 4.78 is 14.3. The number of benzene rings is 2. The fraction of sp³-hybridized carbons (Fsp3) is 0.368. The second kappa shape index (κ2) is 4.96. The van der Waals surface area contributed by atoms with Crippen molar-refractivity contribution in [3.63, 3.8) is 0 Å². The Kier molecular flexibility index (Phi) is 3.37. The first kappa shape index (κ1) is 14.3. The maximum atomic E-state index is 14.3. The normalized spacial score (nSPS) is 16.7. The minimum Gasteiger partial charge on any atom is -0.330 e. The molecular weight excluding hydrogens is 261 g/mol. The van der Waals surface area contributed by atoms with Gasteiger partial charge in [-0.05, 0) is 46.7 Å². The average molecular weight is 283 g/mol. The molecule has 0 heterocycles. The molecule has 2 aromatic rings. The first-order chi connectivity index (χ1) is 9.93. The van der Waals surface area contributed by atoms with Gasteiger partial charge in [0.1, 0.15) is 5.82 Å². The Morgan fingerprint density at radius 1 is 1.10 bits per heavy atom. The Bertz CT molecular complexity index is 682. The van der Waals surface area contributed by atoms with Gasteiger partial charge in [-0.25, -0.2) is 4.39 Å². The number of fused-ring (bicyclic) bond motifs is 3. The van der Waals surface area contributed by atoms with Crippen LogP contribution in [0.25, 0.3) is 11.1 Å². The first-order valence-electron chi connectivity index (χ1n) is 7.56. The monoisotopic (exact) mass is 283 g/mol. The highest BCUT2D eigenvalue weighted by atomic mass is 19.1. The summed E-state index contributed by atoms with van der Waals surface area (Å²) in [6.45, 7) is 7.22. The Labute approximate surface area is 126 Å². The van der Waals surface area contributed by atoms with Gasteiger partial charge in [0.2, 0.25) is 0 Å². The topological polar surface area (TPSA) is 26.0 Å². The van der Waals surface area contributed by atoms with Crippen molar-refractivity contribution >= 4 is 0 Å². The largest absolute Gasteiger partial charge is 0.330 e. The van der Waals surface area contributed by atoms with Crippen molar-refractivity contribution in [1.82, 2.24) is 0 Å². The smallest absolute Gasteiger partial charge is 0.131 e. The first-order valence-corrected chi connectivity index (χ1v) is 7.56. The van der Waals surface area contributed by atoms with E-state index in [4.69, 9.17) is 5.73 Å². The van der Waals surface area contributed by atoms with Crippen molar-refractivity contribution in [2.45, 2.75) is 38.5 Å². The number of halogens is 1. The minimum atomic E-state index is -0.128. The summed E-state index contributed by atoms with van der Waals surface area (Å²) in [6.07, 6.45) is 0.858. The third-order valence-corrected chi connectivity index (χ3v) is 4.44. The molecule has 0 saturated carbocycles. The molecule has 2 heteroatoms. The Morgan fingerprint density at radius 3 is 2.52 bits per heavy atom. The van der Waals surface area contributed by atoms with Gasteiger partial charge in [0.25, 0.3) is 0 Å². The summed E-state index contributed by atoms with van der Waals surface area (Å²) in [6, 6.07) is 11.8. The summed E-state index contributed by atoms with van der Waals surface area (Å²) in [4.78, 5) is 0. The van der Waals surface area contributed by atoms with Crippen LogP contribution >= 0.6 is 0 Å². The van der Waals surface area contributed by atoms with Crippen molar-refractivity contribution < 1.29 is 4.39 Å². The molecular formula is C19H22FN. The number of hydrogen-bond donors (Lipinski definition) is 1. The lowest BCUT2D eigenvalue weighted by molar-refractivity contribution is 0.588. The average Bonchev–Trinajstić information content (AvgIpc) is 2.74. The highest BCUT2D eigenvalue weighted by Gasteiger charge is 2.31. The van der Waals surface area contributed by atoms with Crippen LogP contribution in [-0.4, -0.2) is 6.54 Å². The molecule has 0 bridgehead atoms. The molecule has 21 heavy (non-hydrogen) atoms. The molecule has 2 aromatic carbocycles. The fourth-order valence-electron chi connectivity index (χ4n) is 3.31. The van der Waals surface area contributed by atoms with Crippen LogP contribution in [0.4, 0.5) is 4.39 Å². The highest BCUT2D eigenvalue weighted by Crippen LogP contribution is 2.48. The van der Waals surface area contributed by atoms with E-state index in [0.717, 1.165) is 23.1 Å². The molecule has 0 spiro atoms. The molecule has 1 unspecified atom stereocenters. The van der Waals surface area contributed by atoms with Gasteiger partial charge in [-0.15, -0.1) is 0 Å². The van der Waals surface area contributed by atoms with E-state index >= 15 is 0 Å². The van der Waals surface area contributed by atoms with Crippen LogP contribution in [0.3, 0.4) is 0 Å². The van der Waals surface area contributed by atoms with Gasteiger partial charge in [-0.1, -0.05) is 51.1 Å². The molecule has 1 nitrogen and oxygen atoms in total. The van der Waals surface area contributed by atoms with Crippen LogP contribution in [0.5, 0.6) is 0 Å². The summed E-state index contributed by atoms with van der Waals surface area (Å²) in [5.41, 5.74) is 11.3. The summed E-state index contributed by atoms with van der Waals surface area (Å²) >= 11 is 0. The van der Waals surface area contributed by atoms with E-state index in [-0.39, 0.29) is 17.2 Å². The van der Waals surface area contributed by atoms with Crippen LogP contribution in [-0.2, 0) is 5.41 Å². The molecule has 1 aliphatic carbocycles. The third-order valence-electron chi connectivity index (χ3n) is 4.44. The minimum absolute atomic E-state index is 0.0929. The van der Waals surface area contributed by atoms with Crippen LogP contribution in [0.1, 0.15) is 49.8 Å². The number of nitrogens with two attached hydrogens (primary N) is 1. The second-order valence-electron chi connectivity index (χ2n) is 6.89. The molecule has 0 aliphatic heterocycles. The lowest BCUT2D eigenvalue weighted by Crippen LogP contribution is -2.12. The summed E-state index contributed by atoms with van der Waals surface area (Å²) in [5.74, 6) is 0.0924. The van der Waals surface area contributed by atoms with Crippen LogP contribution in [0.15, 0.2) is 36.4 Å². The van der Waals surface area contributed by atoms with Gasteiger partial charge >= 0.3 is 0 Å². The van der Waals surface area contributed by atoms with Gasteiger partial charge in [0.15, 0.2) is 0 Å². The van der Waals surface area contributed by atoms with Crippen LogP contribution in [0, 0.1) is 5.82 Å². The van der Waals surface area contributed by atoms with E-state index in [9.17, 15) is 4.39 Å². The molecule has 0 saturated heterocycles. The fourth-order valence-corrected chi connectivity index (χ4v) is 3.31. The van der Waals surface area contributed by atoms with Gasteiger partial charge in [0.05, 0.1) is 0 Å². The molecule has 110 valence electrons. The maximum Gasteiger partial charge on any atom is 0.131 e. The van der Waals surface area contributed by atoms with Crippen molar-refractivity contribution in [2.75, 3.05) is 6.54 Å². The van der Waals surface area contributed by atoms with Crippen molar-refractivity contribution in [3.05, 3.63) is 58.9 Å². The molecule has 2 N–H and O–H groups in total. The summed E-state index contributed by atoms with van der Waals surface area (Å²) in [7, 11) is 0. The zero-order valence-electron chi connectivity index (χ0n) is 12.9. The zero-order chi connectivity index (χ0) is 15.2. The van der Waals surface area contributed by atoms with Crippen molar-refractivity contribution in [3.8, 4) is 11.1 Å². The zero-order valence-corrected chi connectivity index (χ0v) is 12.9. The molecule has 0 amide bonds. The van der Waals surface area contributed by atoms with E-state index < -0.39 is 0 Å². The lowest BCUT2D eigenvalue weighted by atomic mass is 9.83. The number of rotatable bonds is 2. The molecule has 1 aliphatic rings. The van der Waals surface area contributed by atoms with Crippen molar-refractivity contribution in [2.24, 2.45) is 5.73 Å². The van der Waals surface area contributed by atoms with Crippen LogP contribution < -0.4 is 5.73 Å². The standard InChI is InChI=1S/C19H22FN/c1-19(2,3)12-7-8-15-16(11-12)13(9-10-21)14-5-4-6-17(20)18(14)15/h4-8,11,13H,9-10,21H2,1-3H3. The van der Waals surface area contributed by atoms with Gasteiger partial charge in [-0.2, -0.15) is 0 Å². The second-order valence-corrected chi connectivity index (χ2v) is 6.89. The third kappa shape index (κ3) is 2.28. The van der Waals surface area contributed by atoms with Gasteiger partial charge in [0, 0.05) is 11.5 Å². The number of hydrogen-bond acceptors (Lipinski definition) is 1. The van der Waals surface area contributed by atoms with E-state index in [1.54, 1.807) is 12.1 Å². The van der Waals surface area contributed by atoms with E-state index in [0.29, 0.717) is 6.54 Å². The van der Waals surface area contributed by atoms with Crippen molar-refractivity contribution in [1.29, 1.82) is 0 Å². The Balaban J connectivity index is 2.22. The van der Waals surface area contributed by atoms with E-state index in [2.05, 4.69) is 39.0 Å². The SMILES string of the molecule is CC(C)(C)c1ccc2c(c1)C(CCN)c1cccc(F)c1-2. The van der Waals surface area contributed by atoms with E-state index in [1.807, 2.05) is 6.07 Å². The van der Waals surface area contributed by atoms with E-state index in [1.165, 1.54) is 11.1 Å². The highest BCUT2D eigenvalue weighted by molar-refractivity contribution is 5.79. The quantitative estimate of drug-likeness (QED) is 0.857. The molecule has 0 fully saturated rings. The summed E-state index contributed by atoms with van der Waals surface area (Å²) in [5, 5.41) is 0. The molecule has 3 rings (SSSR count). The predicted molar refractivity (Wildman–Crippen MR) is 86.1 cm³/mol. The molecule has 0 aromatic heterocycles. The maximum absolute atomic E-state index is 14.3. The van der Waals surface area contributed by atoms with Gasteiger partial charge < -0.3 is 5.73 Å². The van der Waals surface area contributed by atoms with Gasteiger partial charge in [-0.3, -0.25) is 0 Å². The molecule has 1 atom stereocenters. The molecule has 0 radical (unpaired) electrons. The predicted octanol–water partition coefficient (Wildman–Crippen LogP) is 4.58.